The van der Waals surface area contributed by atoms with Crippen LogP contribution in [0, 0.1) is 6.92 Å². The Kier molecular flexibility index (Phi) is 7.73. The van der Waals surface area contributed by atoms with Crippen molar-refractivity contribution in [2.45, 2.75) is 52.2 Å². The number of carbonyl (C=O) groups excluding carboxylic acids is 1. The summed E-state index contributed by atoms with van der Waals surface area (Å²) in [5, 5.41) is 2.92. The predicted octanol–water partition coefficient (Wildman–Crippen LogP) is 3.45. The summed E-state index contributed by atoms with van der Waals surface area (Å²) in [6.45, 7) is 7.41. The summed E-state index contributed by atoms with van der Waals surface area (Å²) < 4.78 is 26.3. The van der Waals surface area contributed by atoms with Gasteiger partial charge in [-0.3, -0.25) is 14.0 Å². The fourth-order valence-corrected chi connectivity index (χ4v) is 5.23. The lowest BCUT2D eigenvalue weighted by molar-refractivity contribution is -0.122. The Bertz CT molecular complexity index is 966. The Morgan fingerprint density at radius 2 is 1.61 bits per heavy atom. The maximum absolute atomic E-state index is 12.9. The van der Waals surface area contributed by atoms with Crippen molar-refractivity contribution in [2.24, 2.45) is 0 Å². The summed E-state index contributed by atoms with van der Waals surface area (Å²) in [5.41, 5.74) is 3.80. The van der Waals surface area contributed by atoms with Gasteiger partial charge in [0.2, 0.25) is 15.9 Å². The Morgan fingerprint density at radius 3 is 2.16 bits per heavy atom. The lowest BCUT2D eigenvalue weighted by atomic mass is 10.1. The van der Waals surface area contributed by atoms with Gasteiger partial charge < -0.3 is 5.32 Å². The van der Waals surface area contributed by atoms with Gasteiger partial charge in [-0.05, 0) is 62.5 Å². The van der Waals surface area contributed by atoms with Crippen LogP contribution in [0.3, 0.4) is 0 Å². The smallest absolute Gasteiger partial charge is 0.244 e. The molecule has 7 heteroatoms. The van der Waals surface area contributed by atoms with Crippen molar-refractivity contribution in [2.75, 3.05) is 23.7 Å². The first kappa shape index (κ1) is 23.3. The highest BCUT2D eigenvalue weighted by atomic mass is 32.2. The molecule has 1 amide bonds. The molecule has 0 radical (unpaired) electrons. The van der Waals surface area contributed by atoms with Crippen LogP contribution in [0.1, 0.15) is 42.9 Å². The van der Waals surface area contributed by atoms with Crippen molar-refractivity contribution in [3.63, 3.8) is 0 Å². The molecule has 1 aliphatic heterocycles. The van der Waals surface area contributed by atoms with Gasteiger partial charge in [0.1, 0.15) is 6.04 Å². The van der Waals surface area contributed by atoms with Gasteiger partial charge in [0.25, 0.3) is 0 Å². The van der Waals surface area contributed by atoms with Gasteiger partial charge in [0.15, 0.2) is 0 Å². The predicted molar refractivity (Wildman–Crippen MR) is 125 cm³/mol. The molecule has 0 saturated carbocycles. The number of sulfonamides is 1. The molecule has 31 heavy (non-hydrogen) atoms. The molecule has 1 unspecified atom stereocenters. The van der Waals surface area contributed by atoms with Gasteiger partial charge in [-0.1, -0.05) is 48.9 Å². The van der Waals surface area contributed by atoms with E-state index in [-0.39, 0.29) is 5.91 Å². The molecule has 0 aliphatic carbocycles. The molecule has 6 nitrogen and oxygen atoms in total. The topological polar surface area (TPSA) is 69.7 Å². The number of benzene rings is 2. The number of anilines is 1. The Hall–Kier alpha value is -2.38. The van der Waals surface area contributed by atoms with Crippen LogP contribution in [0.5, 0.6) is 0 Å². The molecular formula is C24H33N3O3S. The van der Waals surface area contributed by atoms with E-state index in [4.69, 9.17) is 0 Å². The highest BCUT2D eigenvalue weighted by Crippen LogP contribution is 2.23. The molecule has 3 rings (SSSR count). The fourth-order valence-electron chi connectivity index (χ4n) is 4.02. The highest BCUT2D eigenvalue weighted by Gasteiger charge is 2.31. The molecular weight excluding hydrogens is 410 g/mol. The lowest BCUT2D eigenvalue weighted by Crippen LogP contribution is -2.49. The Morgan fingerprint density at radius 1 is 1.03 bits per heavy atom. The van der Waals surface area contributed by atoms with Crippen LogP contribution < -0.4 is 9.62 Å². The SMILES string of the molecule is CCC(C(=O)NCc1ccc(CN2CCCC2)cc1)N(c1ccc(C)cc1)S(C)(=O)=O. The van der Waals surface area contributed by atoms with E-state index in [0.29, 0.717) is 18.7 Å². The molecule has 1 atom stereocenters. The van der Waals surface area contributed by atoms with Gasteiger partial charge in [0.05, 0.1) is 11.9 Å². The van der Waals surface area contributed by atoms with Gasteiger partial charge >= 0.3 is 0 Å². The molecule has 168 valence electrons. The number of hydrogen-bond acceptors (Lipinski definition) is 4. The van der Waals surface area contributed by atoms with Crippen molar-refractivity contribution in [1.82, 2.24) is 10.2 Å². The zero-order chi connectivity index (χ0) is 22.4. The molecule has 1 fully saturated rings. The van der Waals surface area contributed by atoms with E-state index in [2.05, 4.69) is 22.3 Å². The summed E-state index contributed by atoms with van der Waals surface area (Å²) in [5.74, 6) is -0.297. The fraction of sp³-hybridized carbons (Fsp3) is 0.458. The van der Waals surface area contributed by atoms with Gasteiger partial charge in [-0.2, -0.15) is 0 Å². The molecule has 2 aromatic rings. The first-order chi connectivity index (χ1) is 14.8. The molecule has 2 aromatic carbocycles. The molecule has 1 aliphatic rings. The maximum Gasteiger partial charge on any atom is 0.244 e. The summed E-state index contributed by atoms with van der Waals surface area (Å²) in [6, 6.07) is 14.6. The van der Waals surface area contributed by atoms with Gasteiger partial charge in [-0.25, -0.2) is 8.42 Å². The number of rotatable bonds is 9. The quantitative estimate of drug-likeness (QED) is 0.644. The first-order valence-corrected chi connectivity index (χ1v) is 12.8. The third kappa shape index (κ3) is 6.31. The van der Waals surface area contributed by atoms with Crippen LogP contribution in [-0.2, 0) is 27.9 Å². The second kappa shape index (κ2) is 10.3. The molecule has 1 heterocycles. The van der Waals surface area contributed by atoms with Gasteiger partial charge in [0, 0.05) is 13.1 Å². The third-order valence-corrected chi connectivity index (χ3v) is 6.89. The number of hydrogen-bond donors (Lipinski definition) is 1. The summed E-state index contributed by atoms with van der Waals surface area (Å²) in [4.78, 5) is 15.4. The Labute approximate surface area is 186 Å². The van der Waals surface area contributed by atoms with Crippen LogP contribution in [0.15, 0.2) is 48.5 Å². The van der Waals surface area contributed by atoms with E-state index in [1.54, 1.807) is 12.1 Å². The third-order valence-electron chi connectivity index (χ3n) is 5.71. The van der Waals surface area contributed by atoms with Gasteiger partial charge in [-0.15, -0.1) is 0 Å². The van der Waals surface area contributed by atoms with Crippen molar-refractivity contribution >= 4 is 21.6 Å². The standard InChI is InChI=1S/C24H33N3O3S/c1-4-23(27(31(3,29)30)22-13-7-19(2)8-14-22)24(28)25-17-20-9-11-21(12-10-20)18-26-15-5-6-16-26/h7-14,23H,4-6,15-18H2,1-3H3,(H,25,28). The van der Waals surface area contributed by atoms with Crippen LogP contribution in [0.25, 0.3) is 0 Å². The lowest BCUT2D eigenvalue weighted by Gasteiger charge is -2.30. The van der Waals surface area contributed by atoms with Crippen LogP contribution in [-0.4, -0.2) is 44.6 Å². The van der Waals surface area contributed by atoms with Crippen LogP contribution >= 0.6 is 0 Å². The summed E-state index contributed by atoms with van der Waals surface area (Å²) in [6.07, 6.45) is 4.06. The number of carbonyl (C=O) groups is 1. The number of amides is 1. The van der Waals surface area contributed by atoms with E-state index in [0.717, 1.165) is 37.0 Å². The molecule has 0 aromatic heterocycles. The molecule has 1 saturated heterocycles. The van der Waals surface area contributed by atoms with E-state index >= 15 is 0 Å². The van der Waals surface area contributed by atoms with Crippen molar-refractivity contribution in [3.05, 3.63) is 65.2 Å². The summed E-state index contributed by atoms with van der Waals surface area (Å²) >= 11 is 0. The second-order valence-corrected chi connectivity index (χ2v) is 10.2. The monoisotopic (exact) mass is 443 g/mol. The number of likely N-dealkylation sites (tertiary alicyclic amines) is 1. The molecule has 0 bridgehead atoms. The minimum absolute atomic E-state index is 0.297. The van der Waals surface area contributed by atoms with E-state index in [9.17, 15) is 13.2 Å². The summed E-state index contributed by atoms with van der Waals surface area (Å²) in [7, 11) is -3.62. The van der Waals surface area contributed by atoms with E-state index in [1.165, 1.54) is 22.7 Å². The Balaban J connectivity index is 1.66. The average molecular weight is 444 g/mol. The minimum atomic E-state index is -3.62. The highest BCUT2D eigenvalue weighted by molar-refractivity contribution is 7.92. The second-order valence-electron chi connectivity index (χ2n) is 8.34. The van der Waals surface area contributed by atoms with E-state index < -0.39 is 16.1 Å². The van der Waals surface area contributed by atoms with Crippen molar-refractivity contribution in [1.29, 1.82) is 0 Å². The zero-order valence-electron chi connectivity index (χ0n) is 18.7. The maximum atomic E-state index is 12.9. The van der Waals surface area contributed by atoms with Crippen molar-refractivity contribution < 1.29 is 13.2 Å². The number of nitrogens with one attached hydrogen (secondary N) is 1. The largest absolute Gasteiger partial charge is 0.350 e. The van der Waals surface area contributed by atoms with E-state index in [1.807, 2.05) is 38.1 Å². The molecule has 0 spiro atoms. The first-order valence-electron chi connectivity index (χ1n) is 10.9. The molecule has 1 N–H and O–H groups in total. The average Bonchev–Trinajstić information content (AvgIpc) is 3.24. The van der Waals surface area contributed by atoms with Crippen molar-refractivity contribution in [3.8, 4) is 0 Å². The normalized spacial score (nSPS) is 15.6. The number of nitrogens with zero attached hydrogens (tertiary/aromatic N) is 2. The van der Waals surface area contributed by atoms with Crippen LogP contribution in [0.2, 0.25) is 0 Å². The zero-order valence-corrected chi connectivity index (χ0v) is 19.5. The van der Waals surface area contributed by atoms with Crippen LogP contribution in [0.4, 0.5) is 5.69 Å². The number of aryl methyl sites for hydroxylation is 1. The minimum Gasteiger partial charge on any atom is -0.350 e.